The SMILES string of the molecule is CC1CN(c2ncc3c(n2)CCCC3NC(=O)CCC2CCCC2)CC(C)O1. The lowest BCUT2D eigenvalue weighted by Gasteiger charge is -2.36. The second-order valence-electron chi connectivity index (χ2n) is 8.94. The molecule has 0 radical (unpaired) electrons. The summed E-state index contributed by atoms with van der Waals surface area (Å²) in [6, 6.07) is 0.0661. The van der Waals surface area contributed by atoms with Gasteiger partial charge < -0.3 is 15.0 Å². The van der Waals surface area contributed by atoms with Crippen molar-refractivity contribution in [2.45, 2.75) is 89.9 Å². The summed E-state index contributed by atoms with van der Waals surface area (Å²) in [6.07, 6.45) is 12.3. The number of aryl methyl sites for hydroxylation is 1. The highest BCUT2D eigenvalue weighted by Gasteiger charge is 2.28. The Hall–Kier alpha value is -1.69. The molecule has 28 heavy (non-hydrogen) atoms. The number of ether oxygens (including phenoxy) is 1. The van der Waals surface area contributed by atoms with Crippen molar-refractivity contribution in [2.75, 3.05) is 18.0 Å². The number of rotatable bonds is 5. The fourth-order valence-electron chi connectivity index (χ4n) is 5.08. The molecule has 0 bridgehead atoms. The molecule has 1 N–H and O–H groups in total. The molecule has 3 atom stereocenters. The summed E-state index contributed by atoms with van der Waals surface area (Å²) in [5, 5.41) is 3.26. The van der Waals surface area contributed by atoms with Crippen molar-refractivity contribution < 1.29 is 9.53 Å². The number of morpholine rings is 1. The van der Waals surface area contributed by atoms with Gasteiger partial charge in [0.2, 0.25) is 11.9 Å². The molecule has 2 aliphatic carbocycles. The molecule has 2 heterocycles. The number of aromatic nitrogens is 2. The molecule has 6 heteroatoms. The molecular weight excluding hydrogens is 352 g/mol. The third-order valence-electron chi connectivity index (χ3n) is 6.46. The maximum absolute atomic E-state index is 12.5. The van der Waals surface area contributed by atoms with Gasteiger partial charge in [0.1, 0.15) is 0 Å². The number of anilines is 1. The highest BCUT2D eigenvalue weighted by molar-refractivity contribution is 5.76. The molecule has 1 aromatic rings. The van der Waals surface area contributed by atoms with E-state index in [1.54, 1.807) is 0 Å². The molecule has 3 aliphatic rings. The van der Waals surface area contributed by atoms with Gasteiger partial charge in [-0.05, 0) is 45.4 Å². The number of hydrogen-bond acceptors (Lipinski definition) is 5. The van der Waals surface area contributed by atoms with E-state index in [4.69, 9.17) is 9.72 Å². The maximum atomic E-state index is 12.5. The van der Waals surface area contributed by atoms with E-state index < -0.39 is 0 Å². The van der Waals surface area contributed by atoms with Crippen molar-refractivity contribution in [2.24, 2.45) is 5.92 Å². The normalized spacial score (nSPS) is 28.2. The van der Waals surface area contributed by atoms with Crippen molar-refractivity contribution in [3.05, 3.63) is 17.5 Å². The third-order valence-corrected chi connectivity index (χ3v) is 6.46. The minimum absolute atomic E-state index is 0.0661. The van der Waals surface area contributed by atoms with Gasteiger partial charge in [-0.2, -0.15) is 0 Å². The van der Waals surface area contributed by atoms with Crippen LogP contribution in [0.5, 0.6) is 0 Å². The molecule has 154 valence electrons. The van der Waals surface area contributed by atoms with Crippen molar-refractivity contribution in [3.63, 3.8) is 0 Å². The lowest BCUT2D eigenvalue weighted by Crippen LogP contribution is -2.46. The molecule has 1 amide bonds. The van der Waals surface area contributed by atoms with Gasteiger partial charge in [-0.25, -0.2) is 9.97 Å². The van der Waals surface area contributed by atoms with Crippen LogP contribution in [0.1, 0.15) is 82.5 Å². The highest BCUT2D eigenvalue weighted by atomic mass is 16.5. The van der Waals surface area contributed by atoms with Crippen LogP contribution < -0.4 is 10.2 Å². The predicted molar refractivity (Wildman–Crippen MR) is 109 cm³/mol. The molecule has 2 fully saturated rings. The number of nitrogens with zero attached hydrogens (tertiary/aromatic N) is 3. The van der Waals surface area contributed by atoms with Crippen LogP contribution in [-0.2, 0) is 16.0 Å². The minimum Gasteiger partial charge on any atom is -0.372 e. The van der Waals surface area contributed by atoms with Crippen LogP contribution >= 0.6 is 0 Å². The Labute approximate surface area is 168 Å². The summed E-state index contributed by atoms with van der Waals surface area (Å²) in [4.78, 5) is 24.3. The Morgan fingerprint density at radius 3 is 2.68 bits per heavy atom. The minimum atomic E-state index is 0.0661. The summed E-state index contributed by atoms with van der Waals surface area (Å²) in [5.41, 5.74) is 2.21. The average molecular weight is 387 g/mol. The Morgan fingerprint density at radius 2 is 1.93 bits per heavy atom. The zero-order valence-electron chi connectivity index (χ0n) is 17.3. The van der Waals surface area contributed by atoms with Gasteiger partial charge in [0.05, 0.1) is 23.9 Å². The van der Waals surface area contributed by atoms with E-state index in [1.807, 2.05) is 6.20 Å². The Morgan fingerprint density at radius 1 is 1.18 bits per heavy atom. The number of carbonyl (C=O) groups is 1. The molecular formula is C22H34N4O2. The number of fused-ring (bicyclic) bond motifs is 1. The van der Waals surface area contributed by atoms with Gasteiger partial charge in [0.15, 0.2) is 0 Å². The second kappa shape index (κ2) is 8.76. The van der Waals surface area contributed by atoms with Gasteiger partial charge >= 0.3 is 0 Å². The summed E-state index contributed by atoms with van der Waals surface area (Å²) in [5.74, 6) is 1.74. The predicted octanol–water partition coefficient (Wildman–Crippen LogP) is 3.55. The third kappa shape index (κ3) is 4.65. The second-order valence-corrected chi connectivity index (χ2v) is 8.94. The van der Waals surface area contributed by atoms with E-state index in [-0.39, 0.29) is 24.2 Å². The van der Waals surface area contributed by atoms with Crippen LogP contribution in [0.3, 0.4) is 0 Å². The molecule has 0 spiro atoms. The van der Waals surface area contributed by atoms with Crippen LogP contribution in [-0.4, -0.2) is 41.2 Å². The summed E-state index contributed by atoms with van der Waals surface area (Å²) in [7, 11) is 0. The number of carbonyl (C=O) groups excluding carboxylic acids is 1. The Balaban J connectivity index is 1.39. The summed E-state index contributed by atoms with van der Waals surface area (Å²) < 4.78 is 5.83. The van der Waals surface area contributed by atoms with Crippen LogP contribution in [0.25, 0.3) is 0 Å². The van der Waals surface area contributed by atoms with Gasteiger partial charge in [0.25, 0.3) is 0 Å². The molecule has 0 aromatic carbocycles. The van der Waals surface area contributed by atoms with Crippen molar-refractivity contribution >= 4 is 11.9 Å². The summed E-state index contributed by atoms with van der Waals surface area (Å²) in [6.45, 7) is 5.84. The van der Waals surface area contributed by atoms with E-state index >= 15 is 0 Å². The van der Waals surface area contributed by atoms with Gasteiger partial charge in [0, 0.05) is 31.3 Å². The molecule has 1 saturated heterocycles. The highest BCUT2D eigenvalue weighted by Crippen LogP contribution is 2.31. The average Bonchev–Trinajstić information content (AvgIpc) is 3.19. The van der Waals surface area contributed by atoms with Crippen LogP contribution in [0.4, 0.5) is 5.95 Å². The summed E-state index contributed by atoms with van der Waals surface area (Å²) >= 11 is 0. The largest absolute Gasteiger partial charge is 0.372 e. The van der Waals surface area contributed by atoms with Gasteiger partial charge in [-0.3, -0.25) is 4.79 Å². The molecule has 6 nitrogen and oxygen atoms in total. The molecule has 1 aliphatic heterocycles. The Bertz CT molecular complexity index is 679. The van der Waals surface area contributed by atoms with E-state index in [0.717, 1.165) is 61.9 Å². The standard InChI is InChI=1S/C22H34N4O2/c1-15-13-26(14-16(2)28-15)22-23-12-18-19(8-5-9-20(18)25-22)24-21(27)11-10-17-6-3-4-7-17/h12,15-17,19H,3-11,13-14H2,1-2H3,(H,24,27). The van der Waals surface area contributed by atoms with Crippen LogP contribution in [0, 0.1) is 5.92 Å². The Kier molecular flexibility index (Phi) is 6.14. The van der Waals surface area contributed by atoms with Gasteiger partial charge in [-0.15, -0.1) is 0 Å². The van der Waals surface area contributed by atoms with Crippen molar-refractivity contribution in [1.82, 2.24) is 15.3 Å². The quantitative estimate of drug-likeness (QED) is 0.838. The monoisotopic (exact) mass is 386 g/mol. The van der Waals surface area contributed by atoms with Crippen LogP contribution in [0.2, 0.25) is 0 Å². The maximum Gasteiger partial charge on any atom is 0.225 e. The van der Waals surface area contributed by atoms with E-state index in [2.05, 4.69) is 29.0 Å². The number of nitrogens with one attached hydrogen (secondary N) is 1. The topological polar surface area (TPSA) is 67.4 Å². The first-order chi connectivity index (χ1) is 13.6. The van der Waals surface area contributed by atoms with Crippen molar-refractivity contribution in [3.8, 4) is 0 Å². The van der Waals surface area contributed by atoms with E-state index in [1.165, 1.54) is 25.7 Å². The smallest absolute Gasteiger partial charge is 0.225 e. The fourth-order valence-corrected chi connectivity index (χ4v) is 5.08. The number of hydrogen-bond donors (Lipinski definition) is 1. The lowest BCUT2D eigenvalue weighted by atomic mass is 9.92. The number of amides is 1. The molecule has 1 saturated carbocycles. The first-order valence-corrected chi connectivity index (χ1v) is 11.1. The lowest BCUT2D eigenvalue weighted by molar-refractivity contribution is -0.122. The van der Waals surface area contributed by atoms with E-state index in [0.29, 0.717) is 6.42 Å². The first kappa shape index (κ1) is 19.6. The van der Waals surface area contributed by atoms with Crippen LogP contribution in [0.15, 0.2) is 6.20 Å². The molecule has 3 unspecified atom stereocenters. The van der Waals surface area contributed by atoms with Gasteiger partial charge in [-0.1, -0.05) is 25.7 Å². The zero-order chi connectivity index (χ0) is 19.5. The van der Waals surface area contributed by atoms with E-state index in [9.17, 15) is 4.79 Å². The molecule has 4 rings (SSSR count). The zero-order valence-corrected chi connectivity index (χ0v) is 17.3. The molecule has 1 aromatic heterocycles. The van der Waals surface area contributed by atoms with Crippen molar-refractivity contribution in [1.29, 1.82) is 0 Å². The fraction of sp³-hybridized carbons (Fsp3) is 0.773. The first-order valence-electron chi connectivity index (χ1n) is 11.1.